The molecule has 5 nitrogen and oxygen atoms in total. The number of likely N-dealkylation sites (tertiary alicyclic amines) is 1. The van der Waals surface area contributed by atoms with Gasteiger partial charge in [0.25, 0.3) is 0 Å². The van der Waals surface area contributed by atoms with Gasteiger partial charge in [-0.2, -0.15) is 0 Å². The van der Waals surface area contributed by atoms with Crippen molar-refractivity contribution in [2.24, 2.45) is 11.8 Å². The second kappa shape index (κ2) is 9.54. The summed E-state index contributed by atoms with van der Waals surface area (Å²) < 4.78 is 13.2. The van der Waals surface area contributed by atoms with Crippen molar-refractivity contribution in [3.05, 3.63) is 66.0 Å². The van der Waals surface area contributed by atoms with E-state index in [0.717, 1.165) is 24.1 Å². The van der Waals surface area contributed by atoms with Gasteiger partial charge >= 0.3 is 6.03 Å². The molecule has 0 saturated carbocycles. The number of hydrogen-bond donors (Lipinski definition) is 2. The molecule has 154 valence electrons. The second-order valence-electron chi connectivity index (χ2n) is 7.86. The Balaban J connectivity index is 1.62. The van der Waals surface area contributed by atoms with Gasteiger partial charge in [-0.15, -0.1) is 0 Å². The Labute approximate surface area is 171 Å². The number of anilines is 1. The van der Waals surface area contributed by atoms with Crippen molar-refractivity contribution in [1.82, 2.24) is 10.2 Å². The molecular weight excluding hydrogens is 369 g/mol. The van der Waals surface area contributed by atoms with E-state index < -0.39 is 0 Å². The van der Waals surface area contributed by atoms with Gasteiger partial charge in [-0.3, -0.25) is 4.79 Å². The molecule has 1 aliphatic heterocycles. The summed E-state index contributed by atoms with van der Waals surface area (Å²) in [6, 6.07) is 15.1. The maximum absolute atomic E-state index is 13.2. The summed E-state index contributed by atoms with van der Waals surface area (Å²) >= 11 is 0. The van der Waals surface area contributed by atoms with Gasteiger partial charge in [-0.1, -0.05) is 44.2 Å². The minimum Gasteiger partial charge on any atom is -0.349 e. The zero-order chi connectivity index (χ0) is 20.8. The standard InChI is InChI=1S/C23H28FN3O2/c1-16(2)21(17-10-12-19(24)13-11-17)26-22(28)18-7-6-14-27(15-18)23(29)25-20-8-4-3-5-9-20/h3-5,8-13,16,18,21H,6-7,14-15H2,1-2H3,(H,25,29)(H,26,28). The first kappa shape index (κ1) is 20.8. The fourth-order valence-corrected chi connectivity index (χ4v) is 3.68. The van der Waals surface area contributed by atoms with E-state index in [1.54, 1.807) is 17.0 Å². The second-order valence-corrected chi connectivity index (χ2v) is 7.86. The van der Waals surface area contributed by atoms with E-state index in [1.807, 2.05) is 44.2 Å². The van der Waals surface area contributed by atoms with E-state index in [4.69, 9.17) is 0 Å². The minimum absolute atomic E-state index is 0.0646. The first-order valence-corrected chi connectivity index (χ1v) is 10.1. The van der Waals surface area contributed by atoms with E-state index in [-0.39, 0.29) is 35.6 Å². The van der Waals surface area contributed by atoms with Crippen molar-refractivity contribution < 1.29 is 14.0 Å². The normalized spacial score (nSPS) is 17.7. The largest absolute Gasteiger partial charge is 0.349 e. The highest BCUT2D eigenvalue weighted by Gasteiger charge is 2.30. The number of amides is 3. The lowest BCUT2D eigenvalue weighted by molar-refractivity contribution is -0.127. The monoisotopic (exact) mass is 397 g/mol. The molecule has 2 N–H and O–H groups in total. The van der Waals surface area contributed by atoms with Crippen molar-refractivity contribution in [3.63, 3.8) is 0 Å². The Morgan fingerprint density at radius 3 is 2.41 bits per heavy atom. The highest BCUT2D eigenvalue weighted by atomic mass is 19.1. The number of piperidine rings is 1. The summed E-state index contributed by atoms with van der Waals surface area (Å²) in [5, 5.41) is 5.99. The van der Waals surface area contributed by atoms with Gasteiger partial charge in [0.2, 0.25) is 5.91 Å². The molecular formula is C23H28FN3O2. The maximum atomic E-state index is 13.2. The van der Waals surface area contributed by atoms with E-state index in [9.17, 15) is 14.0 Å². The third-order valence-corrected chi connectivity index (χ3v) is 5.30. The zero-order valence-corrected chi connectivity index (χ0v) is 16.9. The van der Waals surface area contributed by atoms with E-state index in [0.29, 0.717) is 13.1 Å². The summed E-state index contributed by atoms with van der Waals surface area (Å²) in [7, 11) is 0. The van der Waals surface area contributed by atoms with Gasteiger partial charge in [0, 0.05) is 18.8 Å². The average molecular weight is 397 g/mol. The molecule has 2 aromatic rings. The summed E-state index contributed by atoms with van der Waals surface area (Å²) in [6.07, 6.45) is 1.53. The molecule has 0 aliphatic carbocycles. The Kier molecular flexibility index (Phi) is 6.86. The van der Waals surface area contributed by atoms with E-state index in [2.05, 4.69) is 10.6 Å². The molecule has 6 heteroatoms. The maximum Gasteiger partial charge on any atom is 0.321 e. The quantitative estimate of drug-likeness (QED) is 0.776. The molecule has 0 radical (unpaired) electrons. The number of nitrogens with zero attached hydrogens (tertiary/aromatic N) is 1. The van der Waals surface area contributed by atoms with Gasteiger partial charge in [0.15, 0.2) is 0 Å². The van der Waals surface area contributed by atoms with Crippen LogP contribution in [0.15, 0.2) is 54.6 Å². The highest BCUT2D eigenvalue weighted by Crippen LogP contribution is 2.24. The van der Waals surface area contributed by atoms with Crippen LogP contribution in [0.2, 0.25) is 0 Å². The van der Waals surface area contributed by atoms with E-state index >= 15 is 0 Å². The topological polar surface area (TPSA) is 61.4 Å². The number of halogens is 1. The fourth-order valence-electron chi connectivity index (χ4n) is 3.68. The van der Waals surface area contributed by atoms with Crippen LogP contribution >= 0.6 is 0 Å². The number of para-hydroxylation sites is 1. The van der Waals surface area contributed by atoms with Crippen molar-refractivity contribution in [2.75, 3.05) is 18.4 Å². The molecule has 2 aromatic carbocycles. The number of benzene rings is 2. The van der Waals surface area contributed by atoms with Gasteiger partial charge in [0.05, 0.1) is 12.0 Å². The first-order valence-electron chi connectivity index (χ1n) is 10.1. The molecule has 1 fully saturated rings. The molecule has 2 atom stereocenters. The van der Waals surface area contributed by atoms with Crippen LogP contribution in [-0.4, -0.2) is 29.9 Å². The minimum atomic E-state index is -0.296. The third kappa shape index (κ3) is 5.56. The zero-order valence-electron chi connectivity index (χ0n) is 16.9. The molecule has 1 heterocycles. The molecule has 2 unspecified atom stereocenters. The van der Waals surface area contributed by atoms with E-state index in [1.165, 1.54) is 12.1 Å². The Hall–Kier alpha value is -2.89. The fraction of sp³-hybridized carbons (Fsp3) is 0.391. The lowest BCUT2D eigenvalue weighted by Gasteiger charge is -2.33. The summed E-state index contributed by atoms with van der Waals surface area (Å²) in [5.41, 5.74) is 1.62. The van der Waals surface area contributed by atoms with Crippen LogP contribution < -0.4 is 10.6 Å². The van der Waals surface area contributed by atoms with Gasteiger partial charge in [-0.25, -0.2) is 9.18 Å². The van der Waals surface area contributed by atoms with Crippen LogP contribution in [0.5, 0.6) is 0 Å². The molecule has 1 aliphatic rings. The van der Waals surface area contributed by atoms with Crippen LogP contribution in [0.3, 0.4) is 0 Å². The number of urea groups is 1. The molecule has 0 aromatic heterocycles. The Morgan fingerprint density at radius 2 is 1.76 bits per heavy atom. The van der Waals surface area contributed by atoms with Gasteiger partial charge < -0.3 is 15.5 Å². The smallest absolute Gasteiger partial charge is 0.321 e. The third-order valence-electron chi connectivity index (χ3n) is 5.30. The number of carbonyl (C=O) groups is 2. The van der Waals surface area contributed by atoms with Crippen molar-refractivity contribution >= 4 is 17.6 Å². The van der Waals surface area contributed by atoms with Crippen molar-refractivity contribution in [3.8, 4) is 0 Å². The van der Waals surface area contributed by atoms with Crippen molar-refractivity contribution in [2.45, 2.75) is 32.7 Å². The molecule has 29 heavy (non-hydrogen) atoms. The van der Waals surface area contributed by atoms with Crippen LogP contribution in [0.25, 0.3) is 0 Å². The van der Waals surface area contributed by atoms with Crippen LogP contribution in [-0.2, 0) is 4.79 Å². The lowest BCUT2D eigenvalue weighted by atomic mass is 9.93. The van der Waals surface area contributed by atoms with Crippen molar-refractivity contribution in [1.29, 1.82) is 0 Å². The highest BCUT2D eigenvalue weighted by molar-refractivity contribution is 5.90. The van der Waals surface area contributed by atoms with Crippen LogP contribution in [0, 0.1) is 17.7 Å². The molecule has 1 saturated heterocycles. The number of hydrogen-bond acceptors (Lipinski definition) is 2. The SMILES string of the molecule is CC(C)C(NC(=O)C1CCCN(C(=O)Nc2ccccc2)C1)c1ccc(F)cc1. The molecule has 3 rings (SSSR count). The predicted octanol–water partition coefficient (Wildman–Crippen LogP) is 4.58. The number of rotatable bonds is 5. The van der Waals surface area contributed by atoms with Crippen LogP contribution in [0.4, 0.5) is 14.9 Å². The lowest BCUT2D eigenvalue weighted by Crippen LogP contribution is -2.47. The summed E-state index contributed by atoms with van der Waals surface area (Å²) in [5.74, 6) is -0.461. The summed E-state index contributed by atoms with van der Waals surface area (Å²) in [4.78, 5) is 27.2. The summed E-state index contributed by atoms with van der Waals surface area (Å²) in [6.45, 7) is 5.07. The Morgan fingerprint density at radius 1 is 1.07 bits per heavy atom. The predicted molar refractivity (Wildman–Crippen MR) is 112 cm³/mol. The Bertz CT molecular complexity index is 824. The van der Waals surface area contributed by atoms with Gasteiger partial charge in [0.1, 0.15) is 5.82 Å². The van der Waals surface area contributed by atoms with Gasteiger partial charge in [-0.05, 0) is 48.6 Å². The molecule has 0 bridgehead atoms. The average Bonchev–Trinajstić information content (AvgIpc) is 2.73. The number of nitrogens with one attached hydrogen (secondary N) is 2. The number of carbonyl (C=O) groups excluding carboxylic acids is 2. The first-order chi connectivity index (χ1) is 13.9. The molecule has 0 spiro atoms. The molecule has 3 amide bonds. The van der Waals surface area contributed by atoms with Crippen LogP contribution in [0.1, 0.15) is 38.3 Å².